The second-order valence-electron chi connectivity index (χ2n) is 3.96. The molecule has 0 fully saturated rings. The number of unbranched alkanes of at least 4 members (excludes halogenated alkanes) is 1. The van der Waals surface area contributed by atoms with Crippen molar-refractivity contribution in [2.24, 2.45) is 0 Å². The zero-order valence-electron chi connectivity index (χ0n) is 10.3. The molecule has 1 amide bonds. The Hall–Kier alpha value is -0.000000000000000111. The fourth-order valence-electron chi connectivity index (χ4n) is 1.60. The Bertz CT molecular complexity index is 412. The van der Waals surface area contributed by atoms with Gasteiger partial charge in [0.25, 0.3) is 5.91 Å². The van der Waals surface area contributed by atoms with E-state index in [1.807, 2.05) is 6.07 Å². The first-order valence-electron chi connectivity index (χ1n) is 5.90. The molecule has 0 radical (unpaired) electrons. The summed E-state index contributed by atoms with van der Waals surface area (Å²) in [6.45, 7) is 3.42. The van der Waals surface area contributed by atoms with E-state index in [9.17, 15) is 4.79 Å². The molecule has 0 aliphatic heterocycles. The lowest BCUT2D eigenvalue weighted by Crippen LogP contribution is -2.34. The Morgan fingerprint density at radius 2 is 2.11 bits per heavy atom. The van der Waals surface area contributed by atoms with Gasteiger partial charge < -0.3 is 4.90 Å². The number of alkyl halides is 1. The summed E-state index contributed by atoms with van der Waals surface area (Å²) in [5.41, 5.74) is 0.657. The van der Waals surface area contributed by atoms with Gasteiger partial charge in [-0.2, -0.15) is 0 Å². The topological polar surface area (TPSA) is 20.3 Å². The molecule has 0 unspecified atom stereocenters. The van der Waals surface area contributed by atoms with E-state index in [0.717, 1.165) is 23.0 Å². The number of rotatable bonds is 6. The lowest BCUT2D eigenvalue weighted by Gasteiger charge is -2.22. The summed E-state index contributed by atoms with van der Waals surface area (Å²) in [5.74, 6) is 0.461. The van der Waals surface area contributed by atoms with Gasteiger partial charge in [0.15, 0.2) is 0 Å². The van der Waals surface area contributed by atoms with Gasteiger partial charge in [0.05, 0.1) is 5.56 Å². The van der Waals surface area contributed by atoms with Gasteiger partial charge in [0.2, 0.25) is 0 Å². The van der Waals surface area contributed by atoms with Crippen LogP contribution in [0.1, 0.15) is 30.1 Å². The van der Waals surface area contributed by atoms with Crippen molar-refractivity contribution in [2.45, 2.75) is 19.8 Å². The molecular formula is C13H16Cl2INO. The van der Waals surface area contributed by atoms with Crippen LogP contribution in [-0.4, -0.2) is 29.8 Å². The van der Waals surface area contributed by atoms with Crippen LogP contribution >= 0.6 is 45.8 Å². The summed E-state index contributed by atoms with van der Waals surface area (Å²) in [7, 11) is 0. The number of carbonyl (C=O) groups is 1. The zero-order valence-corrected chi connectivity index (χ0v) is 13.9. The Labute approximate surface area is 132 Å². The van der Waals surface area contributed by atoms with Gasteiger partial charge in [0.1, 0.15) is 0 Å². The van der Waals surface area contributed by atoms with Crippen molar-refractivity contribution in [1.29, 1.82) is 0 Å². The first kappa shape index (κ1) is 16.1. The molecule has 100 valence electrons. The highest BCUT2D eigenvalue weighted by molar-refractivity contribution is 14.1. The highest BCUT2D eigenvalue weighted by Gasteiger charge is 2.17. The molecule has 0 bridgehead atoms. The lowest BCUT2D eigenvalue weighted by atomic mass is 10.2. The highest BCUT2D eigenvalue weighted by atomic mass is 127. The van der Waals surface area contributed by atoms with Crippen LogP contribution in [-0.2, 0) is 0 Å². The van der Waals surface area contributed by atoms with Crippen LogP contribution in [0.4, 0.5) is 0 Å². The van der Waals surface area contributed by atoms with Crippen LogP contribution < -0.4 is 0 Å². The molecule has 0 aliphatic carbocycles. The quantitative estimate of drug-likeness (QED) is 0.512. The molecule has 0 saturated heterocycles. The molecule has 0 saturated carbocycles. The van der Waals surface area contributed by atoms with Crippen LogP contribution in [0.2, 0.25) is 5.02 Å². The summed E-state index contributed by atoms with van der Waals surface area (Å²) >= 11 is 13.9. The molecule has 1 aromatic rings. The van der Waals surface area contributed by atoms with Crippen LogP contribution in [0.3, 0.4) is 0 Å². The van der Waals surface area contributed by atoms with E-state index >= 15 is 0 Å². The molecule has 2 nitrogen and oxygen atoms in total. The molecule has 0 atom stereocenters. The molecule has 1 rings (SSSR count). The van der Waals surface area contributed by atoms with Gasteiger partial charge in [-0.3, -0.25) is 4.79 Å². The molecule has 0 N–H and O–H groups in total. The summed E-state index contributed by atoms with van der Waals surface area (Å²) in [6, 6.07) is 5.37. The van der Waals surface area contributed by atoms with Crippen LogP contribution in [0.25, 0.3) is 0 Å². The van der Waals surface area contributed by atoms with E-state index in [2.05, 4.69) is 29.5 Å². The third-order valence-electron chi connectivity index (χ3n) is 2.58. The van der Waals surface area contributed by atoms with E-state index < -0.39 is 0 Å². The van der Waals surface area contributed by atoms with Gasteiger partial charge in [-0.05, 0) is 47.2 Å². The Morgan fingerprint density at radius 3 is 2.72 bits per heavy atom. The highest BCUT2D eigenvalue weighted by Crippen LogP contribution is 2.20. The Kier molecular flexibility index (Phi) is 7.34. The average Bonchev–Trinajstić information content (AvgIpc) is 2.36. The summed E-state index contributed by atoms with van der Waals surface area (Å²) in [6.07, 6.45) is 2.04. The number of hydrogen-bond donors (Lipinski definition) is 0. The van der Waals surface area contributed by atoms with E-state index in [-0.39, 0.29) is 5.91 Å². The van der Waals surface area contributed by atoms with Gasteiger partial charge in [-0.25, -0.2) is 0 Å². The normalized spacial score (nSPS) is 10.4. The zero-order chi connectivity index (χ0) is 13.5. The smallest absolute Gasteiger partial charge is 0.255 e. The number of amides is 1. The van der Waals surface area contributed by atoms with Gasteiger partial charge in [0, 0.05) is 27.6 Å². The molecule has 0 aliphatic rings. The summed E-state index contributed by atoms with van der Waals surface area (Å²) < 4.78 is 0.915. The van der Waals surface area contributed by atoms with Crippen molar-refractivity contribution >= 4 is 51.7 Å². The fraction of sp³-hybridized carbons (Fsp3) is 0.462. The van der Waals surface area contributed by atoms with E-state index in [1.54, 1.807) is 17.0 Å². The van der Waals surface area contributed by atoms with Crippen molar-refractivity contribution in [2.75, 3.05) is 19.0 Å². The van der Waals surface area contributed by atoms with Crippen molar-refractivity contribution < 1.29 is 4.79 Å². The van der Waals surface area contributed by atoms with Gasteiger partial charge >= 0.3 is 0 Å². The van der Waals surface area contributed by atoms with Crippen LogP contribution in [0.5, 0.6) is 0 Å². The number of hydrogen-bond acceptors (Lipinski definition) is 1. The maximum Gasteiger partial charge on any atom is 0.255 e. The Morgan fingerprint density at radius 1 is 1.39 bits per heavy atom. The predicted octanol–water partition coefficient (Wildman–Crippen LogP) is 4.43. The minimum Gasteiger partial charge on any atom is -0.337 e. The maximum absolute atomic E-state index is 12.4. The van der Waals surface area contributed by atoms with E-state index in [4.69, 9.17) is 23.2 Å². The van der Waals surface area contributed by atoms with Crippen molar-refractivity contribution in [3.8, 4) is 0 Å². The number of nitrogens with zero attached hydrogens (tertiary/aromatic N) is 1. The van der Waals surface area contributed by atoms with E-state index in [1.165, 1.54) is 0 Å². The summed E-state index contributed by atoms with van der Waals surface area (Å²) in [4.78, 5) is 14.2. The average molecular weight is 400 g/mol. The molecule has 18 heavy (non-hydrogen) atoms. The first-order valence-corrected chi connectivity index (χ1v) is 7.89. The van der Waals surface area contributed by atoms with Gasteiger partial charge in [-0.1, -0.05) is 24.9 Å². The number of carbonyl (C=O) groups excluding carboxylic acids is 1. The Balaban J connectivity index is 2.90. The van der Waals surface area contributed by atoms with Crippen molar-refractivity contribution in [3.05, 3.63) is 32.4 Å². The van der Waals surface area contributed by atoms with Crippen molar-refractivity contribution in [3.63, 3.8) is 0 Å². The molecule has 0 heterocycles. The molecule has 0 spiro atoms. The SMILES string of the molecule is CCCCN(CCCl)C(=O)c1cc(Cl)ccc1I. The standard InChI is InChI=1S/C13H16Cl2INO/c1-2-3-7-17(8-6-14)13(18)11-9-10(15)4-5-12(11)16/h4-5,9H,2-3,6-8H2,1H3. The van der Waals surface area contributed by atoms with Crippen molar-refractivity contribution in [1.82, 2.24) is 4.90 Å². The molecule has 1 aromatic carbocycles. The third-order valence-corrected chi connectivity index (χ3v) is 3.93. The maximum atomic E-state index is 12.4. The van der Waals surface area contributed by atoms with E-state index in [0.29, 0.717) is 23.0 Å². The first-order chi connectivity index (χ1) is 8.60. The fourth-order valence-corrected chi connectivity index (χ4v) is 2.54. The summed E-state index contributed by atoms with van der Waals surface area (Å²) in [5, 5.41) is 0.583. The third kappa shape index (κ3) is 4.59. The second-order valence-corrected chi connectivity index (χ2v) is 5.94. The molecular weight excluding hydrogens is 384 g/mol. The number of halogens is 3. The monoisotopic (exact) mass is 399 g/mol. The minimum atomic E-state index is 0.0102. The van der Waals surface area contributed by atoms with Gasteiger partial charge in [-0.15, -0.1) is 11.6 Å². The minimum absolute atomic E-state index is 0.0102. The largest absolute Gasteiger partial charge is 0.337 e. The predicted molar refractivity (Wildman–Crippen MR) is 85.7 cm³/mol. The number of benzene rings is 1. The lowest BCUT2D eigenvalue weighted by molar-refractivity contribution is 0.0762. The van der Waals surface area contributed by atoms with Crippen LogP contribution in [0, 0.1) is 3.57 Å². The second kappa shape index (κ2) is 8.23. The molecule has 0 aromatic heterocycles. The van der Waals surface area contributed by atoms with Crippen LogP contribution in [0.15, 0.2) is 18.2 Å². The molecule has 5 heteroatoms.